The van der Waals surface area contributed by atoms with Crippen LogP contribution in [0.1, 0.15) is 31.2 Å². The topological polar surface area (TPSA) is 110 Å². The number of nitrogens with zero attached hydrogens (tertiary/aromatic N) is 3. The van der Waals surface area contributed by atoms with Crippen molar-refractivity contribution in [2.75, 3.05) is 44.9 Å². The summed E-state index contributed by atoms with van der Waals surface area (Å²) in [6.45, 7) is 2.02. The van der Waals surface area contributed by atoms with Crippen LogP contribution in [0.15, 0.2) is 44.7 Å². The largest absolute Gasteiger partial charge is 0.389 e. The molecule has 2 aromatic rings. The number of hydrogen-bond donors (Lipinski definition) is 1. The monoisotopic (exact) mass is 538 g/mol. The second-order valence-corrected chi connectivity index (χ2v) is 13.4. The third-order valence-corrected chi connectivity index (χ3v) is 9.99. The SMILES string of the molecule is CN(C)CCCSc1cnc(NC(=O)C(=NO[C@@H]2CCOC2)c2ccc(S(=O)(=O)C3CC3)cc2)s1. The van der Waals surface area contributed by atoms with E-state index in [1.807, 2.05) is 14.1 Å². The molecule has 1 aromatic heterocycles. The van der Waals surface area contributed by atoms with Gasteiger partial charge in [0.25, 0.3) is 5.91 Å². The summed E-state index contributed by atoms with van der Waals surface area (Å²) in [5.74, 6) is 0.494. The van der Waals surface area contributed by atoms with E-state index in [2.05, 4.69) is 20.4 Å². The molecule has 0 radical (unpaired) electrons. The first-order chi connectivity index (χ1) is 16.8. The summed E-state index contributed by atoms with van der Waals surface area (Å²) >= 11 is 3.11. The van der Waals surface area contributed by atoms with Crippen LogP contribution < -0.4 is 5.32 Å². The molecule has 2 heterocycles. The van der Waals surface area contributed by atoms with Crippen molar-refractivity contribution >= 4 is 49.7 Å². The molecule has 1 N–H and O–H groups in total. The molecule has 1 atom stereocenters. The molecule has 0 unspecified atom stereocenters. The van der Waals surface area contributed by atoms with Crippen molar-refractivity contribution in [2.24, 2.45) is 5.16 Å². The predicted octanol–water partition coefficient (Wildman–Crippen LogP) is 3.27. The van der Waals surface area contributed by atoms with Crippen molar-refractivity contribution in [2.45, 2.75) is 46.1 Å². The van der Waals surface area contributed by atoms with E-state index >= 15 is 0 Å². The molecule has 0 bridgehead atoms. The second kappa shape index (κ2) is 11.8. The fourth-order valence-electron chi connectivity index (χ4n) is 3.42. The molecule has 1 saturated heterocycles. The number of aromatic nitrogens is 1. The Morgan fingerprint density at radius 3 is 2.71 bits per heavy atom. The zero-order valence-corrected chi connectivity index (χ0v) is 22.3. The van der Waals surface area contributed by atoms with Gasteiger partial charge in [0.05, 0.1) is 33.8 Å². The molecule has 35 heavy (non-hydrogen) atoms. The summed E-state index contributed by atoms with van der Waals surface area (Å²) in [7, 11) is 0.782. The Labute approximate surface area is 214 Å². The highest BCUT2D eigenvalue weighted by Crippen LogP contribution is 2.33. The summed E-state index contributed by atoms with van der Waals surface area (Å²) in [5.41, 5.74) is 0.522. The van der Waals surface area contributed by atoms with Gasteiger partial charge in [-0.3, -0.25) is 10.1 Å². The quantitative estimate of drug-likeness (QED) is 0.190. The number of amides is 1. The van der Waals surface area contributed by atoms with Gasteiger partial charge in [-0.25, -0.2) is 13.4 Å². The zero-order valence-electron chi connectivity index (χ0n) is 19.8. The summed E-state index contributed by atoms with van der Waals surface area (Å²) in [4.78, 5) is 25.4. The van der Waals surface area contributed by atoms with E-state index in [9.17, 15) is 13.2 Å². The van der Waals surface area contributed by atoms with Gasteiger partial charge >= 0.3 is 0 Å². The lowest BCUT2D eigenvalue weighted by atomic mass is 10.1. The first-order valence-electron chi connectivity index (χ1n) is 11.5. The normalized spacial score (nSPS) is 18.7. The number of oxime groups is 1. The Hall–Kier alpha value is -1.99. The molecular formula is C23H30N4O5S3. The Morgan fingerprint density at radius 2 is 2.06 bits per heavy atom. The van der Waals surface area contributed by atoms with E-state index in [1.54, 1.807) is 30.1 Å². The summed E-state index contributed by atoms with van der Waals surface area (Å²) in [6.07, 6.45) is 4.67. The van der Waals surface area contributed by atoms with Gasteiger partial charge in [0.1, 0.15) is 0 Å². The number of rotatable bonds is 12. The Morgan fingerprint density at radius 1 is 1.29 bits per heavy atom. The number of ether oxygens (including phenoxy) is 1. The molecule has 9 nitrogen and oxygen atoms in total. The van der Waals surface area contributed by atoms with Crippen LogP contribution in [0.25, 0.3) is 0 Å². The maximum Gasteiger partial charge on any atom is 0.280 e. The lowest BCUT2D eigenvalue weighted by Crippen LogP contribution is -2.25. The van der Waals surface area contributed by atoms with Gasteiger partial charge in [0, 0.05) is 17.7 Å². The van der Waals surface area contributed by atoms with Crippen molar-refractivity contribution in [3.63, 3.8) is 0 Å². The average Bonchev–Trinajstić information content (AvgIpc) is 3.41. The number of anilines is 1. The Kier molecular flexibility index (Phi) is 8.82. The number of thiazole rings is 1. The fourth-order valence-corrected chi connectivity index (χ4v) is 6.94. The van der Waals surface area contributed by atoms with E-state index < -0.39 is 15.7 Å². The minimum atomic E-state index is -3.32. The Bertz CT molecular complexity index is 1140. The molecule has 2 aliphatic rings. The Balaban J connectivity index is 1.45. The highest BCUT2D eigenvalue weighted by molar-refractivity contribution is 8.01. The third-order valence-electron chi connectivity index (χ3n) is 5.51. The summed E-state index contributed by atoms with van der Waals surface area (Å²) in [6, 6.07) is 6.23. The summed E-state index contributed by atoms with van der Waals surface area (Å²) < 4.78 is 31.4. The molecule has 190 valence electrons. The number of hydrogen-bond acceptors (Lipinski definition) is 10. The van der Waals surface area contributed by atoms with Crippen LogP contribution in [0, 0.1) is 0 Å². The third kappa shape index (κ3) is 7.26. The van der Waals surface area contributed by atoms with Gasteiger partial charge in [-0.1, -0.05) is 28.6 Å². The first-order valence-corrected chi connectivity index (χ1v) is 14.9. The number of carbonyl (C=O) groups excluding carboxylic acids is 1. The van der Waals surface area contributed by atoms with E-state index in [4.69, 9.17) is 9.57 Å². The minimum absolute atomic E-state index is 0.0580. The van der Waals surface area contributed by atoms with Crippen LogP contribution >= 0.6 is 23.1 Å². The van der Waals surface area contributed by atoms with E-state index in [1.165, 1.54) is 23.5 Å². The molecule has 4 rings (SSSR count). The van der Waals surface area contributed by atoms with E-state index in [0.29, 0.717) is 43.2 Å². The highest BCUT2D eigenvalue weighted by Gasteiger charge is 2.36. The maximum atomic E-state index is 13.1. The minimum Gasteiger partial charge on any atom is -0.389 e. The van der Waals surface area contributed by atoms with E-state index in [0.717, 1.165) is 22.9 Å². The zero-order chi connectivity index (χ0) is 24.8. The molecule has 1 aliphatic heterocycles. The van der Waals surface area contributed by atoms with Gasteiger partial charge in [-0.05, 0) is 52.0 Å². The lowest BCUT2D eigenvalue weighted by Gasteiger charge is -2.10. The molecule has 1 amide bonds. The fraction of sp³-hybridized carbons (Fsp3) is 0.522. The molecule has 12 heteroatoms. The number of carbonyl (C=O) groups is 1. The van der Waals surface area contributed by atoms with Gasteiger partial charge in [-0.2, -0.15) is 0 Å². The van der Waals surface area contributed by atoms with E-state index in [-0.39, 0.29) is 22.0 Å². The molecular weight excluding hydrogens is 508 g/mol. The van der Waals surface area contributed by atoms with Crippen molar-refractivity contribution in [3.05, 3.63) is 36.0 Å². The van der Waals surface area contributed by atoms with Crippen LogP contribution in [0.5, 0.6) is 0 Å². The van der Waals surface area contributed by atoms with Crippen LogP contribution in [-0.4, -0.2) is 80.9 Å². The molecule has 2 fully saturated rings. The predicted molar refractivity (Wildman–Crippen MR) is 138 cm³/mol. The number of thioether (sulfide) groups is 1. The molecule has 1 aromatic carbocycles. The highest BCUT2D eigenvalue weighted by atomic mass is 32.2. The lowest BCUT2D eigenvalue weighted by molar-refractivity contribution is -0.110. The van der Waals surface area contributed by atoms with Crippen molar-refractivity contribution in [3.8, 4) is 0 Å². The maximum absolute atomic E-state index is 13.1. The molecule has 1 saturated carbocycles. The van der Waals surface area contributed by atoms with Crippen LogP contribution in [-0.2, 0) is 24.2 Å². The number of sulfone groups is 1. The number of nitrogens with one attached hydrogen (secondary N) is 1. The van der Waals surface area contributed by atoms with Crippen molar-refractivity contribution < 1.29 is 22.8 Å². The van der Waals surface area contributed by atoms with Gasteiger partial charge < -0.3 is 14.5 Å². The van der Waals surface area contributed by atoms with Gasteiger partial charge in [-0.15, -0.1) is 11.8 Å². The van der Waals surface area contributed by atoms with Crippen molar-refractivity contribution in [1.29, 1.82) is 0 Å². The molecule has 1 aliphatic carbocycles. The second-order valence-electron chi connectivity index (χ2n) is 8.74. The summed E-state index contributed by atoms with van der Waals surface area (Å²) in [5, 5.41) is 7.11. The van der Waals surface area contributed by atoms with Gasteiger partial charge in [0.15, 0.2) is 26.8 Å². The van der Waals surface area contributed by atoms with Crippen LogP contribution in [0.3, 0.4) is 0 Å². The van der Waals surface area contributed by atoms with Crippen LogP contribution in [0.2, 0.25) is 0 Å². The van der Waals surface area contributed by atoms with Gasteiger partial charge in [0.2, 0.25) is 0 Å². The van der Waals surface area contributed by atoms with Crippen LogP contribution in [0.4, 0.5) is 5.13 Å². The first kappa shape index (κ1) is 26.1. The number of benzene rings is 1. The molecule has 0 spiro atoms. The smallest absolute Gasteiger partial charge is 0.280 e. The standard InChI is InChI=1S/C23H30N4O5S3/c1-27(2)11-3-13-33-20-14-24-23(34-20)25-22(28)21(26-32-17-10-12-31-15-17)16-4-6-18(7-5-16)35(29,30)19-8-9-19/h4-7,14,17,19H,3,8-13,15H2,1-2H3,(H,24,25,28)/t17-/m1/s1. The average molecular weight is 539 g/mol. The van der Waals surface area contributed by atoms with Crippen molar-refractivity contribution in [1.82, 2.24) is 9.88 Å².